The van der Waals surface area contributed by atoms with Crippen LogP contribution in [0.3, 0.4) is 0 Å². The zero-order valence-corrected chi connectivity index (χ0v) is 31.2. The van der Waals surface area contributed by atoms with Crippen molar-refractivity contribution in [1.82, 2.24) is 24.1 Å². The molecule has 3 atom stereocenters. The maximum Gasteiger partial charge on any atom is 0.297 e. The lowest BCUT2D eigenvalue weighted by Crippen LogP contribution is -2.44. The van der Waals surface area contributed by atoms with Crippen molar-refractivity contribution in [2.45, 2.75) is 38.0 Å². The number of allylic oxidation sites excluding steroid dienone is 1. The smallest absolute Gasteiger partial charge is 0.297 e. The minimum Gasteiger partial charge on any atom is -0.491 e. The summed E-state index contributed by atoms with van der Waals surface area (Å²) >= 11 is 0. The lowest BCUT2D eigenvalue weighted by atomic mass is 9.82. The number of hydrogen-bond acceptors (Lipinski definition) is 9. The summed E-state index contributed by atoms with van der Waals surface area (Å²) in [5.74, 6) is -1.17. The Morgan fingerprint density at radius 3 is 2.16 bits per heavy atom. The first-order valence-corrected chi connectivity index (χ1v) is 18.2. The molecule has 1 unspecified atom stereocenters. The lowest BCUT2D eigenvalue weighted by molar-refractivity contribution is -0.139. The highest BCUT2D eigenvalue weighted by atomic mass is 16.5. The number of carbonyl (C=O) groups is 1. The van der Waals surface area contributed by atoms with Crippen LogP contribution in [0.15, 0.2) is 137 Å². The minimum atomic E-state index is -1.99. The maximum absolute atomic E-state index is 14.5. The third-order valence-corrected chi connectivity index (χ3v) is 10.2. The number of fused-ring (bicyclic) bond motifs is 1. The number of methoxy groups -OCH3 is 2. The fourth-order valence-corrected chi connectivity index (χ4v) is 7.18. The molecular formula is C43H42N6O7. The van der Waals surface area contributed by atoms with Gasteiger partial charge in [0.2, 0.25) is 0 Å². The van der Waals surface area contributed by atoms with Crippen molar-refractivity contribution < 1.29 is 24.5 Å². The Kier molecular flexibility index (Phi) is 10.8. The molecule has 13 heteroatoms. The van der Waals surface area contributed by atoms with E-state index in [1.54, 1.807) is 78.6 Å². The number of anilines is 1. The van der Waals surface area contributed by atoms with E-state index in [1.165, 1.54) is 28.3 Å². The summed E-state index contributed by atoms with van der Waals surface area (Å²) < 4.78 is 15.1. The number of rotatable bonds is 14. The summed E-state index contributed by atoms with van der Waals surface area (Å²) in [7, 11) is 2.86. The van der Waals surface area contributed by atoms with Crippen LogP contribution in [0.2, 0.25) is 0 Å². The average molecular weight is 755 g/mol. The SMILES string of the molecule is COc1cccn(-c2cccc(CN3C(=O)[C@](O)([C@H](C)/C=C/CCn4cc(C(CO)c5ccccc5)nn4)c4cc(-n5cccc(OC)c5=O)ccc43)c2)c1=O. The Morgan fingerprint density at radius 1 is 0.821 bits per heavy atom. The van der Waals surface area contributed by atoms with Crippen LogP contribution in [0, 0.1) is 5.92 Å². The van der Waals surface area contributed by atoms with Gasteiger partial charge in [-0.15, -0.1) is 5.10 Å². The van der Waals surface area contributed by atoms with Crippen LogP contribution < -0.4 is 25.5 Å². The number of hydrogen-bond donors (Lipinski definition) is 2. The van der Waals surface area contributed by atoms with Gasteiger partial charge in [0.1, 0.15) is 0 Å². The Balaban J connectivity index is 1.17. The van der Waals surface area contributed by atoms with Gasteiger partial charge >= 0.3 is 0 Å². The zero-order chi connectivity index (χ0) is 39.4. The van der Waals surface area contributed by atoms with E-state index >= 15 is 0 Å². The molecule has 286 valence electrons. The van der Waals surface area contributed by atoms with Crippen LogP contribution in [0.5, 0.6) is 11.5 Å². The molecule has 3 aromatic carbocycles. The van der Waals surface area contributed by atoms with Crippen molar-refractivity contribution in [1.29, 1.82) is 0 Å². The summed E-state index contributed by atoms with van der Waals surface area (Å²) in [6.45, 7) is 2.25. The summed E-state index contributed by atoms with van der Waals surface area (Å²) in [4.78, 5) is 42.3. The molecule has 0 aliphatic carbocycles. The quantitative estimate of drug-likeness (QED) is 0.150. The first-order chi connectivity index (χ1) is 27.2. The molecule has 13 nitrogen and oxygen atoms in total. The van der Waals surface area contributed by atoms with E-state index < -0.39 is 17.4 Å². The number of aliphatic hydroxyl groups is 2. The topological polar surface area (TPSA) is 154 Å². The van der Waals surface area contributed by atoms with Gasteiger partial charge in [0.05, 0.1) is 44.7 Å². The van der Waals surface area contributed by atoms with Gasteiger partial charge in [-0.1, -0.05) is 66.8 Å². The van der Waals surface area contributed by atoms with E-state index in [4.69, 9.17) is 9.47 Å². The number of aliphatic hydroxyl groups excluding tert-OH is 1. The first-order valence-electron chi connectivity index (χ1n) is 18.2. The second-order valence-electron chi connectivity index (χ2n) is 13.6. The Bertz CT molecular complexity index is 2510. The molecule has 0 spiro atoms. The molecule has 56 heavy (non-hydrogen) atoms. The monoisotopic (exact) mass is 754 g/mol. The van der Waals surface area contributed by atoms with Crippen molar-refractivity contribution in [2.24, 2.45) is 5.92 Å². The standard InChI is InChI=1S/C43H42N6O7/c1-29(12-7-8-21-46-27-36(44-45-46)34(28-50)31-14-5-4-6-15-31)43(54)35-25-33(48-23-11-18-39(56-3)41(48)52)19-20-37(35)49(42(43)53)26-30-13-9-16-32(24-30)47-22-10-17-38(55-2)40(47)51/h4-7,9-20,22-25,27,29,34,50,54H,8,21,26,28H2,1-3H3/b12-7+/t29-,34?,43+/m1/s1. The first kappa shape index (κ1) is 37.7. The van der Waals surface area contributed by atoms with Crippen LogP contribution in [-0.4, -0.2) is 61.1 Å². The van der Waals surface area contributed by atoms with Gasteiger partial charge in [-0.25, -0.2) is 0 Å². The molecule has 0 radical (unpaired) electrons. The molecule has 2 N–H and O–H groups in total. The van der Waals surface area contributed by atoms with Crippen LogP contribution >= 0.6 is 0 Å². The van der Waals surface area contributed by atoms with Crippen LogP contribution in [0.1, 0.15) is 41.6 Å². The van der Waals surface area contributed by atoms with Crippen molar-refractivity contribution in [2.75, 3.05) is 25.7 Å². The second-order valence-corrected chi connectivity index (χ2v) is 13.6. The molecule has 0 saturated heterocycles. The highest BCUT2D eigenvalue weighted by Gasteiger charge is 2.52. The zero-order valence-electron chi connectivity index (χ0n) is 31.2. The molecule has 1 aliphatic heterocycles. The van der Waals surface area contributed by atoms with Crippen molar-refractivity contribution in [3.05, 3.63) is 171 Å². The molecule has 1 amide bonds. The Morgan fingerprint density at radius 2 is 1.50 bits per heavy atom. The molecule has 7 rings (SSSR count). The molecule has 4 heterocycles. The van der Waals surface area contributed by atoms with Gasteiger partial charge in [0.15, 0.2) is 17.1 Å². The normalized spacial score (nSPS) is 16.2. The van der Waals surface area contributed by atoms with E-state index in [0.717, 1.165) is 11.1 Å². The second kappa shape index (κ2) is 16.0. The van der Waals surface area contributed by atoms with E-state index in [9.17, 15) is 24.6 Å². The van der Waals surface area contributed by atoms with Crippen molar-refractivity contribution >= 4 is 11.6 Å². The van der Waals surface area contributed by atoms with Crippen molar-refractivity contribution in [3.8, 4) is 22.9 Å². The largest absolute Gasteiger partial charge is 0.491 e. The molecule has 0 fully saturated rings. The number of pyridine rings is 2. The van der Waals surface area contributed by atoms with Gasteiger partial charge in [-0.05, 0) is 72.1 Å². The third kappa shape index (κ3) is 7.05. The number of aromatic nitrogens is 5. The predicted molar refractivity (Wildman–Crippen MR) is 211 cm³/mol. The number of nitrogens with zero attached hydrogens (tertiary/aromatic N) is 6. The third-order valence-electron chi connectivity index (χ3n) is 10.2. The highest BCUT2D eigenvalue weighted by molar-refractivity contribution is 6.07. The lowest BCUT2D eigenvalue weighted by Gasteiger charge is -2.28. The van der Waals surface area contributed by atoms with Gasteiger partial charge in [-0.3, -0.25) is 28.2 Å². The van der Waals surface area contributed by atoms with Crippen LogP contribution in [0.4, 0.5) is 5.69 Å². The summed E-state index contributed by atoms with van der Waals surface area (Å²) in [6.07, 6.45) is 9.30. The number of aryl methyl sites for hydroxylation is 1. The average Bonchev–Trinajstić information content (AvgIpc) is 3.77. The number of benzene rings is 3. The fourth-order valence-electron chi connectivity index (χ4n) is 7.18. The Hall–Kier alpha value is -6.57. The summed E-state index contributed by atoms with van der Waals surface area (Å²) in [5, 5.41) is 31.2. The predicted octanol–water partition coefficient (Wildman–Crippen LogP) is 4.74. The van der Waals surface area contributed by atoms with Gasteiger partial charge < -0.3 is 24.6 Å². The maximum atomic E-state index is 14.5. The number of carbonyl (C=O) groups excluding carboxylic acids is 1. The summed E-state index contributed by atoms with van der Waals surface area (Å²) in [5.41, 5.74) is 1.51. The van der Waals surface area contributed by atoms with E-state index in [2.05, 4.69) is 10.3 Å². The number of amides is 1. The van der Waals surface area contributed by atoms with E-state index in [-0.39, 0.29) is 41.7 Å². The van der Waals surface area contributed by atoms with E-state index in [1.807, 2.05) is 60.8 Å². The highest BCUT2D eigenvalue weighted by Crippen LogP contribution is 2.46. The van der Waals surface area contributed by atoms with Crippen LogP contribution in [0.25, 0.3) is 11.4 Å². The van der Waals surface area contributed by atoms with Crippen molar-refractivity contribution in [3.63, 3.8) is 0 Å². The van der Waals surface area contributed by atoms with E-state index in [0.29, 0.717) is 41.3 Å². The van der Waals surface area contributed by atoms with Gasteiger partial charge in [0, 0.05) is 48.0 Å². The molecule has 1 aliphatic rings. The molecule has 3 aromatic heterocycles. The van der Waals surface area contributed by atoms with Gasteiger partial charge in [-0.2, -0.15) is 0 Å². The molecule has 6 aromatic rings. The number of ether oxygens (including phenoxy) is 2. The molecular weight excluding hydrogens is 713 g/mol. The summed E-state index contributed by atoms with van der Waals surface area (Å²) in [6, 6.07) is 28.6. The van der Waals surface area contributed by atoms with Crippen LogP contribution in [-0.2, 0) is 23.5 Å². The molecule has 0 saturated carbocycles. The van der Waals surface area contributed by atoms with Gasteiger partial charge in [0.25, 0.3) is 17.0 Å². The minimum absolute atomic E-state index is 0.0992. The molecule has 0 bridgehead atoms. The fraction of sp³-hybridized carbons (Fsp3) is 0.233. The Labute approximate surface area is 322 Å².